The first-order chi connectivity index (χ1) is 17.8. The van der Waals surface area contributed by atoms with E-state index in [-0.39, 0.29) is 0 Å². The quantitative estimate of drug-likeness (QED) is 0.318. The average molecular weight is 474 g/mol. The molecule has 2 aromatic carbocycles. The molecule has 0 amide bonds. The molecule has 0 saturated carbocycles. The van der Waals surface area contributed by atoms with Gasteiger partial charge in [0.25, 0.3) is 0 Å². The lowest BCUT2D eigenvalue weighted by molar-refractivity contribution is 0.535. The molecule has 7 heteroatoms. The Hall–Kier alpha value is -4.33. The number of nitrogens with one attached hydrogen (secondary N) is 2. The Morgan fingerprint density at radius 3 is 2.58 bits per heavy atom. The third kappa shape index (κ3) is 4.37. The minimum absolute atomic E-state index is 0.344. The minimum atomic E-state index is 0.344. The molecule has 0 aliphatic carbocycles. The van der Waals surface area contributed by atoms with Crippen molar-refractivity contribution in [2.24, 2.45) is 0 Å². The molecule has 36 heavy (non-hydrogen) atoms. The second-order valence-electron chi connectivity index (χ2n) is 8.85. The monoisotopic (exact) mass is 473 g/mol. The van der Waals surface area contributed by atoms with E-state index in [1.54, 1.807) is 6.20 Å². The molecule has 1 aliphatic rings. The number of nitrogens with two attached hydrogens (primary N) is 1. The second kappa shape index (κ2) is 9.73. The van der Waals surface area contributed by atoms with E-state index in [1.807, 2.05) is 42.5 Å². The average Bonchev–Trinajstić information content (AvgIpc) is 3.32. The van der Waals surface area contributed by atoms with Crippen LogP contribution in [0.4, 0.5) is 5.82 Å². The first kappa shape index (κ1) is 22.2. The summed E-state index contributed by atoms with van der Waals surface area (Å²) in [6, 6.07) is 26.9. The highest BCUT2D eigenvalue weighted by molar-refractivity contribution is 5.84. The van der Waals surface area contributed by atoms with Crippen molar-refractivity contribution in [2.75, 3.05) is 18.8 Å². The molecular weight excluding hydrogens is 446 g/mol. The van der Waals surface area contributed by atoms with Gasteiger partial charge in [0.15, 0.2) is 11.5 Å². The molecule has 0 spiro atoms. The van der Waals surface area contributed by atoms with Crippen LogP contribution in [0.1, 0.15) is 5.56 Å². The molecule has 0 fully saturated rings. The van der Waals surface area contributed by atoms with Gasteiger partial charge in [-0.2, -0.15) is 0 Å². The van der Waals surface area contributed by atoms with Crippen molar-refractivity contribution in [3.63, 3.8) is 0 Å². The van der Waals surface area contributed by atoms with Crippen LogP contribution in [0.25, 0.3) is 39.5 Å². The van der Waals surface area contributed by atoms with E-state index in [9.17, 15) is 0 Å². The van der Waals surface area contributed by atoms with E-state index in [2.05, 4.69) is 68.7 Å². The van der Waals surface area contributed by atoms with Gasteiger partial charge in [-0.1, -0.05) is 54.6 Å². The molecule has 7 nitrogen and oxygen atoms in total. The van der Waals surface area contributed by atoms with Gasteiger partial charge in [0.05, 0.1) is 11.3 Å². The summed E-state index contributed by atoms with van der Waals surface area (Å²) in [6.45, 7) is 2.68. The Balaban J connectivity index is 1.42. The van der Waals surface area contributed by atoms with Crippen LogP contribution in [-0.2, 0) is 6.54 Å². The number of anilines is 1. The highest BCUT2D eigenvalue weighted by Crippen LogP contribution is 2.31. The van der Waals surface area contributed by atoms with Gasteiger partial charge >= 0.3 is 0 Å². The molecule has 0 saturated heterocycles. The van der Waals surface area contributed by atoms with Crippen molar-refractivity contribution in [1.29, 1.82) is 0 Å². The van der Waals surface area contributed by atoms with Crippen molar-refractivity contribution >= 4 is 17.0 Å². The second-order valence-corrected chi connectivity index (χ2v) is 8.85. The van der Waals surface area contributed by atoms with Gasteiger partial charge in [-0.05, 0) is 42.0 Å². The highest BCUT2D eigenvalue weighted by Gasteiger charge is 2.18. The maximum Gasteiger partial charge on any atom is 0.165 e. The summed E-state index contributed by atoms with van der Waals surface area (Å²) in [6.07, 6.45) is 6.08. The number of nitrogen functional groups attached to an aromatic ring is 1. The molecule has 1 unspecified atom stereocenters. The maximum absolute atomic E-state index is 6.27. The summed E-state index contributed by atoms with van der Waals surface area (Å²) in [5.74, 6) is 1.16. The maximum atomic E-state index is 6.27. The van der Waals surface area contributed by atoms with Crippen molar-refractivity contribution in [3.8, 4) is 28.3 Å². The summed E-state index contributed by atoms with van der Waals surface area (Å²) in [5, 5.41) is 6.96. The summed E-state index contributed by atoms with van der Waals surface area (Å²) in [5.41, 5.74) is 12.8. The summed E-state index contributed by atoms with van der Waals surface area (Å²) in [7, 11) is 0. The first-order valence-corrected chi connectivity index (χ1v) is 12.1. The number of rotatable bonds is 6. The Kier molecular flexibility index (Phi) is 5.99. The molecule has 0 radical (unpaired) electrons. The number of benzene rings is 2. The molecule has 0 bridgehead atoms. The van der Waals surface area contributed by atoms with E-state index in [4.69, 9.17) is 15.7 Å². The van der Waals surface area contributed by atoms with Crippen molar-refractivity contribution in [2.45, 2.75) is 12.6 Å². The Bertz CT molecular complexity index is 1520. The van der Waals surface area contributed by atoms with Crippen LogP contribution < -0.4 is 16.4 Å². The third-order valence-electron chi connectivity index (χ3n) is 6.41. The van der Waals surface area contributed by atoms with Crippen molar-refractivity contribution < 1.29 is 0 Å². The first-order valence-electron chi connectivity index (χ1n) is 12.1. The fourth-order valence-corrected chi connectivity index (χ4v) is 4.53. The van der Waals surface area contributed by atoms with E-state index in [1.165, 1.54) is 5.56 Å². The predicted molar refractivity (Wildman–Crippen MR) is 145 cm³/mol. The predicted octanol–water partition coefficient (Wildman–Crippen LogP) is 4.35. The fourth-order valence-electron chi connectivity index (χ4n) is 4.53. The number of fused-ring (bicyclic) bond motifs is 1. The van der Waals surface area contributed by atoms with E-state index < -0.39 is 0 Å². The zero-order valence-electron chi connectivity index (χ0n) is 19.8. The zero-order valence-corrected chi connectivity index (χ0v) is 19.8. The molecule has 1 aliphatic heterocycles. The van der Waals surface area contributed by atoms with E-state index >= 15 is 0 Å². The number of imidazole rings is 1. The van der Waals surface area contributed by atoms with E-state index in [0.717, 1.165) is 59.1 Å². The SMILES string of the molecule is Nc1ncccc1-c1nc2ccc(-c3ccccc3)nc2n1-c1ccc(CNC2C=CCNC2)cc1. The zero-order chi connectivity index (χ0) is 24.3. The molecule has 5 aromatic rings. The Labute approximate surface area is 209 Å². The molecule has 178 valence electrons. The van der Waals surface area contributed by atoms with Crippen LogP contribution in [0.15, 0.2) is 97.2 Å². The Morgan fingerprint density at radius 1 is 0.944 bits per heavy atom. The molecular formula is C29H27N7. The third-order valence-corrected chi connectivity index (χ3v) is 6.41. The summed E-state index contributed by atoms with van der Waals surface area (Å²) >= 11 is 0. The van der Waals surface area contributed by atoms with Crippen molar-refractivity contribution in [3.05, 3.63) is 103 Å². The lowest BCUT2D eigenvalue weighted by Crippen LogP contribution is -2.39. The molecule has 1 atom stereocenters. The highest BCUT2D eigenvalue weighted by atomic mass is 15.1. The lowest BCUT2D eigenvalue weighted by Gasteiger charge is -2.19. The number of pyridine rings is 2. The van der Waals surface area contributed by atoms with Gasteiger partial charge < -0.3 is 16.4 Å². The molecule has 4 N–H and O–H groups in total. The topological polar surface area (TPSA) is 93.7 Å². The number of hydrogen-bond donors (Lipinski definition) is 3. The van der Waals surface area contributed by atoms with Gasteiger partial charge in [0.1, 0.15) is 11.3 Å². The number of aromatic nitrogens is 4. The largest absolute Gasteiger partial charge is 0.383 e. The smallest absolute Gasteiger partial charge is 0.165 e. The Morgan fingerprint density at radius 2 is 1.81 bits per heavy atom. The normalized spacial score (nSPS) is 15.4. The van der Waals surface area contributed by atoms with Gasteiger partial charge in [-0.3, -0.25) is 4.57 Å². The van der Waals surface area contributed by atoms with Crippen LogP contribution in [0.3, 0.4) is 0 Å². The molecule has 3 aromatic heterocycles. The summed E-state index contributed by atoms with van der Waals surface area (Å²) in [4.78, 5) is 14.3. The number of hydrogen-bond acceptors (Lipinski definition) is 6. The van der Waals surface area contributed by atoms with Crippen LogP contribution >= 0.6 is 0 Å². The summed E-state index contributed by atoms with van der Waals surface area (Å²) < 4.78 is 2.07. The lowest BCUT2D eigenvalue weighted by atomic mass is 10.1. The van der Waals surface area contributed by atoms with Crippen LogP contribution in [0, 0.1) is 0 Å². The van der Waals surface area contributed by atoms with Gasteiger partial charge in [-0.25, -0.2) is 15.0 Å². The standard InChI is InChI=1S/C29H27N7/c30-27-24(9-5-17-32-27)28-35-26-15-14-25(21-6-2-1-3-7-21)34-29(26)36(28)23-12-10-20(11-13-23)18-33-22-8-4-16-31-19-22/h1-15,17,22,31,33H,16,18-19H2,(H2,30,32). The van der Waals surface area contributed by atoms with Crippen LogP contribution in [0.5, 0.6) is 0 Å². The van der Waals surface area contributed by atoms with Gasteiger partial charge in [0.2, 0.25) is 0 Å². The van der Waals surface area contributed by atoms with E-state index in [0.29, 0.717) is 11.9 Å². The fraction of sp³-hybridized carbons (Fsp3) is 0.138. The minimum Gasteiger partial charge on any atom is -0.383 e. The van der Waals surface area contributed by atoms with Crippen molar-refractivity contribution in [1.82, 2.24) is 30.2 Å². The van der Waals surface area contributed by atoms with Crippen LogP contribution in [-0.4, -0.2) is 38.7 Å². The van der Waals surface area contributed by atoms with Gasteiger partial charge in [-0.15, -0.1) is 0 Å². The molecule has 6 rings (SSSR count). The van der Waals surface area contributed by atoms with Gasteiger partial charge in [0, 0.05) is 43.1 Å². The number of nitrogens with zero attached hydrogens (tertiary/aromatic N) is 4. The molecule has 4 heterocycles. The van der Waals surface area contributed by atoms with Crippen LogP contribution in [0.2, 0.25) is 0 Å².